The highest BCUT2D eigenvalue weighted by atomic mass is 35.5. The van der Waals surface area contributed by atoms with E-state index in [1.165, 1.54) is 30.2 Å². The van der Waals surface area contributed by atoms with Gasteiger partial charge in [0, 0.05) is 45.4 Å². The molecule has 0 saturated carbocycles. The van der Waals surface area contributed by atoms with Gasteiger partial charge in [0.1, 0.15) is 12.4 Å². The van der Waals surface area contributed by atoms with Gasteiger partial charge in [-0.05, 0) is 36.8 Å². The average molecular weight is 526 g/mol. The van der Waals surface area contributed by atoms with Gasteiger partial charge < -0.3 is 19.4 Å². The number of methoxy groups -OCH3 is 1. The first-order valence-electron chi connectivity index (χ1n) is 12.1. The highest BCUT2D eigenvalue weighted by Gasteiger charge is 2.26. The van der Waals surface area contributed by atoms with Gasteiger partial charge in [-0.15, -0.1) is 10.2 Å². The van der Waals surface area contributed by atoms with Crippen LogP contribution in [0.25, 0.3) is 11.3 Å². The maximum absolute atomic E-state index is 14.2. The van der Waals surface area contributed by atoms with E-state index in [1.807, 2.05) is 36.4 Å². The molecule has 0 atom stereocenters. The summed E-state index contributed by atoms with van der Waals surface area (Å²) >= 11 is 6.27. The summed E-state index contributed by atoms with van der Waals surface area (Å²) in [5, 5.41) is 9.35. The first kappa shape index (κ1) is 26.5. The number of halogens is 2. The zero-order valence-corrected chi connectivity index (χ0v) is 21.4. The summed E-state index contributed by atoms with van der Waals surface area (Å²) in [5.74, 6) is -0.618. The number of ether oxygens (including phenoxy) is 1. The predicted octanol–water partition coefficient (Wildman–Crippen LogP) is 3.76. The van der Waals surface area contributed by atoms with Crippen LogP contribution in [0.1, 0.15) is 16.8 Å². The number of aromatic nitrogens is 2. The Morgan fingerprint density at radius 1 is 1.00 bits per heavy atom. The van der Waals surface area contributed by atoms with Crippen LogP contribution in [0, 0.1) is 5.82 Å². The Morgan fingerprint density at radius 2 is 1.78 bits per heavy atom. The van der Waals surface area contributed by atoms with Gasteiger partial charge in [-0.2, -0.15) is 0 Å². The van der Waals surface area contributed by atoms with Crippen LogP contribution < -0.4 is 4.90 Å². The SMILES string of the molecule is COCCN(CC(=O)N1CCCN(c2ccc(-c3ccccc3Cl)nn2)CC1)C(=O)c1ccccc1F. The van der Waals surface area contributed by atoms with Crippen molar-refractivity contribution < 1.29 is 18.7 Å². The molecule has 2 heterocycles. The van der Waals surface area contributed by atoms with E-state index in [9.17, 15) is 14.0 Å². The summed E-state index contributed by atoms with van der Waals surface area (Å²) in [7, 11) is 1.51. The number of benzene rings is 2. The normalized spacial score (nSPS) is 13.8. The first-order valence-corrected chi connectivity index (χ1v) is 12.5. The minimum atomic E-state index is -0.616. The molecule has 1 aromatic heterocycles. The second-order valence-corrected chi connectivity index (χ2v) is 9.08. The van der Waals surface area contributed by atoms with Crippen molar-refractivity contribution in [3.05, 3.63) is 77.1 Å². The minimum absolute atomic E-state index is 0.0627. The van der Waals surface area contributed by atoms with Crippen molar-refractivity contribution in [1.29, 1.82) is 0 Å². The van der Waals surface area contributed by atoms with Crippen LogP contribution in [0.3, 0.4) is 0 Å². The third-order valence-corrected chi connectivity index (χ3v) is 6.59. The van der Waals surface area contributed by atoms with Gasteiger partial charge in [0.2, 0.25) is 5.91 Å². The second kappa shape index (κ2) is 12.6. The summed E-state index contributed by atoms with van der Waals surface area (Å²) in [6.07, 6.45) is 0.735. The molecular weight excluding hydrogens is 497 g/mol. The molecule has 37 heavy (non-hydrogen) atoms. The maximum Gasteiger partial charge on any atom is 0.257 e. The van der Waals surface area contributed by atoms with Gasteiger partial charge in [0.15, 0.2) is 5.82 Å². The van der Waals surface area contributed by atoms with Crippen LogP contribution >= 0.6 is 11.6 Å². The molecule has 3 aromatic rings. The number of carbonyl (C=O) groups is 2. The quantitative estimate of drug-likeness (QED) is 0.445. The average Bonchev–Trinajstić information content (AvgIpc) is 3.18. The molecular formula is C27H29ClFN5O3. The van der Waals surface area contributed by atoms with Gasteiger partial charge in [0.05, 0.1) is 22.9 Å². The fraction of sp³-hybridized carbons (Fsp3) is 0.333. The van der Waals surface area contributed by atoms with Crippen molar-refractivity contribution in [3.63, 3.8) is 0 Å². The van der Waals surface area contributed by atoms with Gasteiger partial charge >= 0.3 is 0 Å². The Morgan fingerprint density at radius 3 is 2.51 bits per heavy atom. The number of anilines is 1. The molecule has 1 saturated heterocycles. The van der Waals surface area contributed by atoms with E-state index >= 15 is 0 Å². The summed E-state index contributed by atoms with van der Waals surface area (Å²) < 4.78 is 19.3. The van der Waals surface area contributed by atoms with Crippen LogP contribution in [0.15, 0.2) is 60.7 Å². The first-order chi connectivity index (χ1) is 18.0. The smallest absolute Gasteiger partial charge is 0.257 e. The van der Waals surface area contributed by atoms with Crippen LogP contribution in [0.2, 0.25) is 5.02 Å². The molecule has 194 valence electrons. The number of nitrogens with zero attached hydrogens (tertiary/aromatic N) is 5. The standard InChI is InChI=1S/C27H29ClFN5O3/c1-37-18-17-34(27(36)21-8-3-5-10-23(21)29)19-26(35)33-14-6-13-32(15-16-33)25-12-11-24(30-31-25)20-7-2-4-9-22(20)28/h2-5,7-12H,6,13-19H2,1H3. The van der Waals surface area contributed by atoms with Gasteiger partial charge in [-0.25, -0.2) is 4.39 Å². The number of carbonyl (C=O) groups excluding carboxylic acids is 2. The van der Waals surface area contributed by atoms with Gasteiger partial charge in [-0.3, -0.25) is 9.59 Å². The molecule has 0 aliphatic carbocycles. The van der Waals surface area contributed by atoms with E-state index in [0.717, 1.165) is 17.8 Å². The van der Waals surface area contributed by atoms with E-state index in [4.69, 9.17) is 16.3 Å². The molecule has 4 rings (SSSR count). The van der Waals surface area contributed by atoms with Crippen LogP contribution in [-0.2, 0) is 9.53 Å². The molecule has 2 aromatic carbocycles. The molecule has 2 amide bonds. The minimum Gasteiger partial charge on any atom is -0.383 e. The lowest BCUT2D eigenvalue weighted by Crippen LogP contribution is -2.45. The van der Waals surface area contributed by atoms with Gasteiger partial charge in [-0.1, -0.05) is 41.9 Å². The van der Waals surface area contributed by atoms with E-state index in [2.05, 4.69) is 15.1 Å². The fourth-order valence-corrected chi connectivity index (χ4v) is 4.46. The summed E-state index contributed by atoms with van der Waals surface area (Å²) in [6, 6.07) is 17.0. The lowest BCUT2D eigenvalue weighted by Gasteiger charge is -2.27. The van der Waals surface area contributed by atoms with Crippen LogP contribution in [0.5, 0.6) is 0 Å². The molecule has 1 fully saturated rings. The largest absolute Gasteiger partial charge is 0.383 e. The van der Waals surface area contributed by atoms with Crippen molar-refractivity contribution in [2.45, 2.75) is 6.42 Å². The second-order valence-electron chi connectivity index (χ2n) is 8.68. The summed E-state index contributed by atoms with van der Waals surface area (Å²) in [6.45, 7) is 2.58. The molecule has 0 N–H and O–H groups in total. The number of hydrogen-bond acceptors (Lipinski definition) is 6. The summed E-state index contributed by atoms with van der Waals surface area (Å²) in [5.41, 5.74) is 1.45. The third-order valence-electron chi connectivity index (χ3n) is 6.26. The molecule has 0 spiro atoms. The molecule has 0 radical (unpaired) electrons. The molecule has 1 aliphatic rings. The Labute approximate surface area is 220 Å². The van der Waals surface area contributed by atoms with E-state index in [0.29, 0.717) is 36.9 Å². The van der Waals surface area contributed by atoms with Crippen LogP contribution in [-0.4, -0.2) is 84.8 Å². The van der Waals surface area contributed by atoms with Crippen molar-refractivity contribution in [1.82, 2.24) is 20.0 Å². The molecule has 8 nitrogen and oxygen atoms in total. The topological polar surface area (TPSA) is 78.9 Å². The number of rotatable bonds is 8. The molecule has 1 aliphatic heterocycles. The van der Waals surface area contributed by atoms with E-state index in [-0.39, 0.29) is 31.2 Å². The molecule has 0 bridgehead atoms. The van der Waals surface area contributed by atoms with Crippen molar-refractivity contribution in [2.24, 2.45) is 0 Å². The lowest BCUT2D eigenvalue weighted by atomic mass is 10.1. The zero-order valence-electron chi connectivity index (χ0n) is 20.6. The monoisotopic (exact) mass is 525 g/mol. The zero-order chi connectivity index (χ0) is 26.2. The Balaban J connectivity index is 1.39. The van der Waals surface area contributed by atoms with E-state index in [1.54, 1.807) is 11.0 Å². The maximum atomic E-state index is 14.2. The Hall–Kier alpha value is -3.56. The molecule has 10 heteroatoms. The van der Waals surface area contributed by atoms with Crippen LogP contribution in [0.4, 0.5) is 10.2 Å². The highest BCUT2D eigenvalue weighted by Crippen LogP contribution is 2.26. The van der Waals surface area contributed by atoms with Crippen molar-refractivity contribution in [2.75, 3.05) is 57.9 Å². The Kier molecular flexibility index (Phi) is 9.03. The van der Waals surface area contributed by atoms with Gasteiger partial charge in [0.25, 0.3) is 5.91 Å². The van der Waals surface area contributed by atoms with Crippen molar-refractivity contribution in [3.8, 4) is 11.3 Å². The fourth-order valence-electron chi connectivity index (χ4n) is 4.22. The number of hydrogen-bond donors (Lipinski definition) is 0. The predicted molar refractivity (Wildman–Crippen MR) is 140 cm³/mol. The lowest BCUT2D eigenvalue weighted by molar-refractivity contribution is -0.131. The Bertz CT molecular complexity index is 1230. The third kappa shape index (κ3) is 6.61. The summed E-state index contributed by atoms with van der Waals surface area (Å²) in [4.78, 5) is 31.3. The molecule has 0 unspecified atom stereocenters. The highest BCUT2D eigenvalue weighted by molar-refractivity contribution is 6.33. The number of amides is 2. The van der Waals surface area contributed by atoms with Crippen molar-refractivity contribution >= 4 is 29.2 Å². The van der Waals surface area contributed by atoms with E-state index < -0.39 is 11.7 Å².